The van der Waals surface area contributed by atoms with Crippen LogP contribution in [0.4, 0.5) is 4.39 Å². The molecule has 0 saturated heterocycles. The van der Waals surface area contributed by atoms with Gasteiger partial charge in [-0.05, 0) is 70.9 Å². The smallest absolute Gasteiger partial charge is 0.133 e. The van der Waals surface area contributed by atoms with E-state index in [1.54, 1.807) is 13.2 Å². The Morgan fingerprint density at radius 1 is 1.19 bits per heavy atom. The van der Waals surface area contributed by atoms with Gasteiger partial charge in [0.25, 0.3) is 0 Å². The molecule has 0 aromatic heterocycles. The van der Waals surface area contributed by atoms with Gasteiger partial charge in [0.1, 0.15) is 11.6 Å². The van der Waals surface area contributed by atoms with Crippen molar-refractivity contribution in [1.82, 2.24) is 5.32 Å². The van der Waals surface area contributed by atoms with Crippen molar-refractivity contribution in [3.05, 3.63) is 62.3 Å². The Morgan fingerprint density at radius 2 is 1.95 bits per heavy atom. The molecule has 0 radical (unpaired) electrons. The van der Waals surface area contributed by atoms with E-state index in [1.807, 2.05) is 31.3 Å². The molecular weight excluding hydrogens is 401 g/mol. The Morgan fingerprint density at radius 3 is 2.52 bits per heavy atom. The lowest BCUT2D eigenvalue weighted by Gasteiger charge is -2.18. The number of methoxy groups -OCH3 is 1. The summed E-state index contributed by atoms with van der Waals surface area (Å²) in [5.41, 5.74) is 2.05. The molecular formula is C16H16Br2FNO. The van der Waals surface area contributed by atoms with Gasteiger partial charge in [0.15, 0.2) is 0 Å². The van der Waals surface area contributed by atoms with Crippen LogP contribution in [0.5, 0.6) is 5.75 Å². The lowest BCUT2D eigenvalue weighted by molar-refractivity contribution is 0.412. The summed E-state index contributed by atoms with van der Waals surface area (Å²) in [5, 5.41) is 3.24. The molecule has 0 heterocycles. The van der Waals surface area contributed by atoms with Crippen molar-refractivity contribution in [2.24, 2.45) is 0 Å². The Labute approximate surface area is 141 Å². The minimum atomic E-state index is -0.240. The number of likely N-dealkylation sites (N-methyl/N-ethyl adjacent to an activating group) is 1. The maximum Gasteiger partial charge on any atom is 0.133 e. The van der Waals surface area contributed by atoms with Crippen molar-refractivity contribution >= 4 is 31.9 Å². The topological polar surface area (TPSA) is 21.3 Å². The lowest BCUT2D eigenvalue weighted by Crippen LogP contribution is -2.19. The SMILES string of the molecule is CNC(Cc1ccc(OC)c(Br)c1)c1cc(F)cc(Br)c1. The van der Waals surface area contributed by atoms with E-state index >= 15 is 0 Å². The van der Waals surface area contributed by atoms with Crippen molar-refractivity contribution in [1.29, 1.82) is 0 Å². The molecule has 2 aromatic carbocycles. The van der Waals surface area contributed by atoms with Crippen molar-refractivity contribution in [2.45, 2.75) is 12.5 Å². The molecule has 21 heavy (non-hydrogen) atoms. The van der Waals surface area contributed by atoms with Crippen molar-refractivity contribution in [3.8, 4) is 5.75 Å². The average Bonchev–Trinajstić information content (AvgIpc) is 2.43. The first-order valence-corrected chi connectivity index (χ1v) is 8.07. The van der Waals surface area contributed by atoms with Crippen LogP contribution >= 0.6 is 31.9 Å². The summed E-state index contributed by atoms with van der Waals surface area (Å²) in [7, 11) is 3.52. The van der Waals surface area contributed by atoms with Gasteiger partial charge < -0.3 is 10.1 Å². The van der Waals surface area contributed by atoms with Gasteiger partial charge in [-0.2, -0.15) is 0 Å². The fourth-order valence-corrected chi connectivity index (χ4v) is 3.31. The van der Waals surface area contributed by atoms with Gasteiger partial charge >= 0.3 is 0 Å². The van der Waals surface area contributed by atoms with Crippen molar-refractivity contribution in [3.63, 3.8) is 0 Å². The van der Waals surface area contributed by atoms with Gasteiger partial charge in [-0.3, -0.25) is 0 Å². The molecule has 0 amide bonds. The zero-order valence-electron chi connectivity index (χ0n) is 11.8. The summed E-state index contributed by atoms with van der Waals surface area (Å²) in [5.74, 6) is 0.559. The molecule has 0 fully saturated rings. The molecule has 2 rings (SSSR count). The molecule has 1 atom stereocenters. The third-order valence-electron chi connectivity index (χ3n) is 3.29. The number of nitrogens with one attached hydrogen (secondary N) is 1. The van der Waals surface area contributed by atoms with Crippen LogP contribution in [0, 0.1) is 5.82 Å². The minimum Gasteiger partial charge on any atom is -0.496 e. The van der Waals surface area contributed by atoms with Crippen LogP contribution in [0.2, 0.25) is 0 Å². The summed E-state index contributed by atoms with van der Waals surface area (Å²) >= 11 is 6.82. The highest BCUT2D eigenvalue weighted by Gasteiger charge is 2.13. The third-order valence-corrected chi connectivity index (χ3v) is 4.37. The van der Waals surface area contributed by atoms with Gasteiger partial charge in [0.05, 0.1) is 11.6 Å². The average molecular weight is 417 g/mol. The van der Waals surface area contributed by atoms with E-state index in [0.29, 0.717) is 0 Å². The Kier molecular flexibility index (Phi) is 5.79. The van der Waals surface area contributed by atoms with Crippen LogP contribution in [-0.2, 0) is 6.42 Å². The monoisotopic (exact) mass is 415 g/mol. The first-order valence-electron chi connectivity index (χ1n) is 6.49. The predicted molar refractivity (Wildman–Crippen MR) is 90.3 cm³/mol. The molecule has 0 saturated carbocycles. The molecule has 112 valence electrons. The van der Waals surface area contributed by atoms with Crippen LogP contribution in [-0.4, -0.2) is 14.2 Å². The Bertz CT molecular complexity index is 613. The van der Waals surface area contributed by atoms with Crippen LogP contribution in [0.3, 0.4) is 0 Å². The summed E-state index contributed by atoms with van der Waals surface area (Å²) in [4.78, 5) is 0. The number of ether oxygens (including phenoxy) is 1. The van der Waals surface area contributed by atoms with Gasteiger partial charge in [-0.1, -0.05) is 22.0 Å². The van der Waals surface area contributed by atoms with E-state index in [-0.39, 0.29) is 11.9 Å². The number of rotatable bonds is 5. The standard InChI is InChI=1S/C16H16Br2FNO/c1-20-15(11-7-12(17)9-13(19)8-11)6-10-3-4-16(21-2)14(18)5-10/h3-5,7-9,15,20H,6H2,1-2H3. The summed E-state index contributed by atoms with van der Waals surface area (Å²) in [6.45, 7) is 0. The molecule has 2 aromatic rings. The molecule has 0 spiro atoms. The molecule has 0 aliphatic carbocycles. The molecule has 0 aliphatic rings. The lowest BCUT2D eigenvalue weighted by atomic mass is 9.99. The second-order valence-corrected chi connectivity index (χ2v) is 6.49. The van der Waals surface area contributed by atoms with Crippen LogP contribution < -0.4 is 10.1 Å². The summed E-state index contributed by atoms with van der Waals surface area (Å²) in [6, 6.07) is 11.0. The van der Waals surface area contributed by atoms with Gasteiger partial charge in [0.2, 0.25) is 0 Å². The van der Waals surface area contributed by atoms with E-state index < -0.39 is 0 Å². The zero-order valence-corrected chi connectivity index (χ0v) is 15.0. The van der Waals surface area contributed by atoms with Crippen molar-refractivity contribution < 1.29 is 9.13 Å². The van der Waals surface area contributed by atoms with E-state index in [2.05, 4.69) is 37.2 Å². The quantitative estimate of drug-likeness (QED) is 0.751. The predicted octanol–water partition coefficient (Wildman–Crippen LogP) is 4.86. The Hall–Kier alpha value is -0.910. The van der Waals surface area contributed by atoms with E-state index in [4.69, 9.17) is 4.74 Å². The molecule has 1 N–H and O–H groups in total. The van der Waals surface area contributed by atoms with Crippen LogP contribution in [0.1, 0.15) is 17.2 Å². The molecule has 1 unspecified atom stereocenters. The highest BCUT2D eigenvalue weighted by atomic mass is 79.9. The Balaban J connectivity index is 2.24. The maximum atomic E-state index is 13.5. The summed E-state index contributed by atoms with van der Waals surface area (Å²) in [6.07, 6.45) is 0.759. The fourth-order valence-electron chi connectivity index (χ4n) is 2.24. The molecule has 0 bridgehead atoms. The normalized spacial score (nSPS) is 12.2. The largest absolute Gasteiger partial charge is 0.496 e. The van der Waals surface area contributed by atoms with E-state index in [9.17, 15) is 4.39 Å². The van der Waals surface area contributed by atoms with Gasteiger partial charge in [-0.15, -0.1) is 0 Å². The van der Waals surface area contributed by atoms with E-state index in [1.165, 1.54) is 6.07 Å². The molecule has 2 nitrogen and oxygen atoms in total. The number of hydrogen-bond acceptors (Lipinski definition) is 2. The fraction of sp³-hybridized carbons (Fsp3) is 0.250. The summed E-state index contributed by atoms with van der Waals surface area (Å²) < 4.78 is 20.4. The van der Waals surface area contributed by atoms with Crippen LogP contribution in [0.15, 0.2) is 45.3 Å². The zero-order chi connectivity index (χ0) is 15.4. The van der Waals surface area contributed by atoms with E-state index in [0.717, 1.165) is 32.2 Å². The second-order valence-electron chi connectivity index (χ2n) is 4.72. The van der Waals surface area contributed by atoms with Crippen molar-refractivity contribution in [2.75, 3.05) is 14.2 Å². The second kappa shape index (κ2) is 7.38. The van der Waals surface area contributed by atoms with Gasteiger partial charge in [0, 0.05) is 10.5 Å². The first-order chi connectivity index (χ1) is 10.0. The maximum absolute atomic E-state index is 13.5. The highest BCUT2D eigenvalue weighted by Crippen LogP contribution is 2.28. The number of hydrogen-bond donors (Lipinski definition) is 1. The third kappa shape index (κ3) is 4.28. The first kappa shape index (κ1) is 16.5. The van der Waals surface area contributed by atoms with Crippen LogP contribution in [0.25, 0.3) is 0 Å². The molecule has 5 heteroatoms. The van der Waals surface area contributed by atoms with Gasteiger partial charge in [-0.25, -0.2) is 4.39 Å². The minimum absolute atomic E-state index is 0.0392. The molecule has 0 aliphatic heterocycles. The number of benzene rings is 2. The number of halogens is 3. The highest BCUT2D eigenvalue weighted by molar-refractivity contribution is 9.10.